The summed E-state index contributed by atoms with van der Waals surface area (Å²) >= 11 is 0. The van der Waals surface area contributed by atoms with Crippen LogP contribution in [0.2, 0.25) is 0 Å². The maximum atomic E-state index is 11.9. The summed E-state index contributed by atoms with van der Waals surface area (Å²) in [6.45, 7) is 0.859. The van der Waals surface area contributed by atoms with E-state index < -0.39 is 0 Å². The Morgan fingerprint density at radius 1 is 1.20 bits per heavy atom. The maximum Gasteiger partial charge on any atom is 0.239 e. The third-order valence-electron chi connectivity index (χ3n) is 3.76. The molecule has 0 saturated heterocycles. The summed E-state index contributed by atoms with van der Waals surface area (Å²) in [5, 5.41) is 8.84. The molecule has 3 rings (SSSR count). The fraction of sp³-hybridized carbons (Fsp3) is 0.467. The van der Waals surface area contributed by atoms with Crippen LogP contribution in [0.15, 0.2) is 24.3 Å². The van der Waals surface area contributed by atoms with Crippen molar-refractivity contribution < 1.29 is 9.59 Å². The van der Waals surface area contributed by atoms with E-state index in [1.165, 1.54) is 5.56 Å². The summed E-state index contributed by atoms with van der Waals surface area (Å²) < 4.78 is 0. The highest BCUT2D eigenvalue weighted by molar-refractivity contribution is 5.85. The van der Waals surface area contributed by atoms with Gasteiger partial charge >= 0.3 is 0 Å². The van der Waals surface area contributed by atoms with E-state index in [0.717, 1.165) is 25.1 Å². The lowest BCUT2D eigenvalue weighted by Gasteiger charge is -2.10. The molecule has 1 saturated carbocycles. The second-order valence-corrected chi connectivity index (χ2v) is 5.49. The van der Waals surface area contributed by atoms with Crippen LogP contribution in [-0.2, 0) is 9.59 Å². The van der Waals surface area contributed by atoms with E-state index in [-0.39, 0.29) is 24.3 Å². The molecule has 2 aliphatic rings. The number of para-hydroxylation sites is 1. The average Bonchev–Trinajstić information content (AvgIpc) is 3.17. The van der Waals surface area contributed by atoms with Crippen molar-refractivity contribution in [2.24, 2.45) is 0 Å². The van der Waals surface area contributed by atoms with Gasteiger partial charge in [-0.2, -0.15) is 0 Å². The summed E-state index contributed by atoms with van der Waals surface area (Å²) in [4.78, 5) is 23.4. The van der Waals surface area contributed by atoms with Gasteiger partial charge < -0.3 is 16.0 Å². The van der Waals surface area contributed by atoms with E-state index in [9.17, 15) is 9.59 Å². The molecule has 1 heterocycles. The standard InChI is InChI=1S/C15H19N3O2/c19-14(17-9-15(20)18-11-5-6-11)7-10-8-16-13-4-2-1-3-12(10)13/h1-4,10-11,16H,5-9H2,(H,17,19)(H,18,20). The van der Waals surface area contributed by atoms with Crippen molar-refractivity contribution in [3.63, 3.8) is 0 Å². The number of carbonyl (C=O) groups excluding carboxylic acids is 2. The molecule has 2 amide bonds. The molecule has 0 spiro atoms. The van der Waals surface area contributed by atoms with Gasteiger partial charge in [0.05, 0.1) is 6.54 Å². The number of hydrogen-bond acceptors (Lipinski definition) is 3. The zero-order valence-electron chi connectivity index (χ0n) is 11.3. The van der Waals surface area contributed by atoms with Crippen molar-refractivity contribution in [2.75, 3.05) is 18.4 Å². The molecule has 5 heteroatoms. The third kappa shape index (κ3) is 3.10. The van der Waals surface area contributed by atoms with Gasteiger partial charge in [0.1, 0.15) is 0 Å². The number of nitrogens with one attached hydrogen (secondary N) is 3. The number of amides is 2. The van der Waals surface area contributed by atoms with E-state index in [2.05, 4.69) is 16.0 Å². The smallest absolute Gasteiger partial charge is 0.239 e. The van der Waals surface area contributed by atoms with Gasteiger partial charge in [-0.05, 0) is 24.5 Å². The van der Waals surface area contributed by atoms with Crippen LogP contribution in [0.4, 0.5) is 5.69 Å². The Morgan fingerprint density at radius 3 is 2.80 bits per heavy atom. The Hall–Kier alpha value is -2.04. The van der Waals surface area contributed by atoms with Crippen molar-refractivity contribution >= 4 is 17.5 Å². The lowest BCUT2D eigenvalue weighted by Crippen LogP contribution is -2.38. The lowest BCUT2D eigenvalue weighted by molar-refractivity contribution is -0.126. The van der Waals surface area contributed by atoms with Crippen LogP contribution >= 0.6 is 0 Å². The van der Waals surface area contributed by atoms with Crippen LogP contribution in [0.1, 0.15) is 30.7 Å². The fourth-order valence-corrected chi connectivity index (χ4v) is 2.52. The van der Waals surface area contributed by atoms with Gasteiger partial charge in [-0.25, -0.2) is 0 Å². The van der Waals surface area contributed by atoms with Crippen LogP contribution in [0.5, 0.6) is 0 Å². The normalized spacial score (nSPS) is 19.9. The zero-order valence-corrected chi connectivity index (χ0v) is 11.3. The molecule has 5 nitrogen and oxygen atoms in total. The third-order valence-corrected chi connectivity index (χ3v) is 3.76. The topological polar surface area (TPSA) is 70.2 Å². The molecule has 3 N–H and O–H groups in total. The van der Waals surface area contributed by atoms with Crippen molar-refractivity contribution in [1.29, 1.82) is 0 Å². The molecule has 0 bridgehead atoms. The highest BCUT2D eigenvalue weighted by Crippen LogP contribution is 2.32. The van der Waals surface area contributed by atoms with E-state index in [1.54, 1.807) is 0 Å². The van der Waals surface area contributed by atoms with Crippen LogP contribution in [0.25, 0.3) is 0 Å². The number of fused-ring (bicyclic) bond motifs is 1. The Labute approximate surface area is 118 Å². The van der Waals surface area contributed by atoms with Crippen LogP contribution in [-0.4, -0.2) is 30.9 Å². The van der Waals surface area contributed by atoms with Crippen molar-refractivity contribution in [3.8, 4) is 0 Å². The summed E-state index contributed by atoms with van der Waals surface area (Å²) in [5.74, 6) is 0.0305. The molecule has 1 unspecified atom stereocenters. The van der Waals surface area contributed by atoms with Crippen LogP contribution in [0, 0.1) is 0 Å². The molecule has 20 heavy (non-hydrogen) atoms. The summed E-state index contributed by atoms with van der Waals surface area (Å²) in [5.41, 5.74) is 2.29. The predicted molar refractivity (Wildman–Crippen MR) is 76.5 cm³/mol. The SMILES string of the molecule is O=C(CC1CNc2ccccc21)NCC(=O)NC1CC1. The van der Waals surface area contributed by atoms with Gasteiger partial charge in [-0.3, -0.25) is 9.59 Å². The van der Waals surface area contributed by atoms with Crippen molar-refractivity contribution in [1.82, 2.24) is 10.6 Å². The average molecular weight is 273 g/mol. The molecule has 0 aromatic heterocycles. The minimum absolute atomic E-state index is 0.0700. The quantitative estimate of drug-likeness (QED) is 0.749. The minimum Gasteiger partial charge on any atom is -0.384 e. The first-order valence-electron chi connectivity index (χ1n) is 7.11. The summed E-state index contributed by atoms with van der Waals surface area (Å²) in [6.07, 6.45) is 2.54. The van der Waals surface area contributed by atoms with Gasteiger partial charge in [0, 0.05) is 30.6 Å². The molecule has 0 radical (unpaired) electrons. The van der Waals surface area contributed by atoms with Crippen molar-refractivity contribution in [3.05, 3.63) is 29.8 Å². The Balaban J connectivity index is 1.46. The van der Waals surface area contributed by atoms with E-state index in [1.807, 2.05) is 24.3 Å². The predicted octanol–water partition coefficient (Wildman–Crippen LogP) is 0.981. The van der Waals surface area contributed by atoms with Crippen LogP contribution < -0.4 is 16.0 Å². The maximum absolute atomic E-state index is 11.9. The first-order valence-corrected chi connectivity index (χ1v) is 7.11. The van der Waals surface area contributed by atoms with Crippen LogP contribution in [0.3, 0.4) is 0 Å². The lowest BCUT2D eigenvalue weighted by atomic mass is 9.97. The van der Waals surface area contributed by atoms with Gasteiger partial charge in [-0.15, -0.1) is 0 Å². The number of benzene rings is 1. The van der Waals surface area contributed by atoms with E-state index in [4.69, 9.17) is 0 Å². The second-order valence-electron chi connectivity index (χ2n) is 5.49. The number of carbonyl (C=O) groups is 2. The molecule has 106 valence electrons. The number of rotatable bonds is 5. The summed E-state index contributed by atoms with van der Waals surface area (Å²) in [6, 6.07) is 8.38. The monoisotopic (exact) mass is 273 g/mol. The zero-order chi connectivity index (χ0) is 13.9. The Kier molecular flexibility index (Phi) is 3.58. The molecule has 1 atom stereocenters. The second kappa shape index (κ2) is 5.53. The Morgan fingerprint density at radius 2 is 2.00 bits per heavy atom. The first-order chi connectivity index (χ1) is 9.72. The Bertz CT molecular complexity index is 526. The highest BCUT2D eigenvalue weighted by atomic mass is 16.2. The molecular weight excluding hydrogens is 254 g/mol. The van der Waals surface area contributed by atoms with Crippen molar-refractivity contribution in [2.45, 2.75) is 31.2 Å². The molecule has 1 aliphatic carbocycles. The molecule has 1 aromatic rings. The van der Waals surface area contributed by atoms with E-state index >= 15 is 0 Å². The fourth-order valence-electron chi connectivity index (χ4n) is 2.52. The molecular formula is C15H19N3O2. The number of hydrogen-bond donors (Lipinski definition) is 3. The number of anilines is 1. The van der Waals surface area contributed by atoms with Gasteiger partial charge in [0.15, 0.2) is 0 Å². The molecule has 1 aromatic carbocycles. The van der Waals surface area contributed by atoms with E-state index in [0.29, 0.717) is 12.5 Å². The largest absolute Gasteiger partial charge is 0.384 e. The molecule has 1 fully saturated rings. The minimum atomic E-state index is -0.0919. The van der Waals surface area contributed by atoms with Gasteiger partial charge in [0.25, 0.3) is 0 Å². The molecule has 1 aliphatic heterocycles. The van der Waals surface area contributed by atoms with Gasteiger partial charge in [0.2, 0.25) is 11.8 Å². The first kappa shape index (κ1) is 13.0. The highest BCUT2D eigenvalue weighted by Gasteiger charge is 2.25. The summed E-state index contributed by atoms with van der Waals surface area (Å²) in [7, 11) is 0. The van der Waals surface area contributed by atoms with Gasteiger partial charge in [-0.1, -0.05) is 18.2 Å².